The number of para-hydroxylation sites is 1. The van der Waals surface area contributed by atoms with Crippen molar-refractivity contribution in [2.45, 2.75) is 26.4 Å². The zero-order valence-corrected chi connectivity index (χ0v) is 15.1. The number of hydrogen-bond donors (Lipinski definition) is 1. The number of aryl methyl sites for hydroxylation is 1. The van der Waals surface area contributed by atoms with Gasteiger partial charge < -0.3 is 9.84 Å². The maximum Gasteiger partial charge on any atom is 0.150 e. The highest BCUT2D eigenvalue weighted by Crippen LogP contribution is 2.46. The van der Waals surface area contributed by atoms with Gasteiger partial charge in [0.2, 0.25) is 0 Å². The van der Waals surface area contributed by atoms with E-state index in [9.17, 15) is 5.11 Å². The summed E-state index contributed by atoms with van der Waals surface area (Å²) in [5.41, 5.74) is 6.80. The van der Waals surface area contributed by atoms with Gasteiger partial charge in [-0.2, -0.15) is 0 Å². The van der Waals surface area contributed by atoms with E-state index in [1.165, 1.54) is 11.1 Å². The Balaban J connectivity index is 1.90. The predicted molar refractivity (Wildman–Crippen MR) is 106 cm³/mol. The molecule has 1 unspecified atom stereocenters. The molecule has 0 radical (unpaired) electrons. The molecule has 0 fully saturated rings. The van der Waals surface area contributed by atoms with Crippen molar-refractivity contribution in [1.82, 2.24) is 0 Å². The van der Waals surface area contributed by atoms with Crippen molar-refractivity contribution >= 4 is 11.1 Å². The van der Waals surface area contributed by atoms with Crippen LogP contribution in [0.15, 0.2) is 72.8 Å². The molecule has 0 amide bonds. The van der Waals surface area contributed by atoms with E-state index in [1.54, 1.807) is 6.07 Å². The zero-order chi connectivity index (χ0) is 18.1. The van der Waals surface area contributed by atoms with Crippen molar-refractivity contribution in [3.05, 3.63) is 95.1 Å². The molecule has 1 aliphatic heterocycles. The number of phenols is 1. The van der Waals surface area contributed by atoms with Gasteiger partial charge in [0.1, 0.15) is 17.6 Å². The third kappa shape index (κ3) is 2.88. The first-order chi connectivity index (χ1) is 12.7. The first kappa shape index (κ1) is 16.5. The molecule has 130 valence electrons. The minimum Gasteiger partial charge on any atom is -0.508 e. The topological polar surface area (TPSA) is 29.5 Å². The van der Waals surface area contributed by atoms with Crippen molar-refractivity contribution in [3.63, 3.8) is 0 Å². The van der Waals surface area contributed by atoms with Crippen LogP contribution in [0.25, 0.3) is 11.1 Å². The minimum atomic E-state index is -0.197. The summed E-state index contributed by atoms with van der Waals surface area (Å²) in [5, 5.41) is 9.99. The molecule has 0 aromatic heterocycles. The van der Waals surface area contributed by atoms with Gasteiger partial charge in [0, 0.05) is 11.1 Å². The van der Waals surface area contributed by atoms with E-state index in [4.69, 9.17) is 4.74 Å². The van der Waals surface area contributed by atoms with Crippen LogP contribution in [0, 0.1) is 0 Å². The standard InChI is InChI=1S/C24H22O2/c1-3-17-11-13-18(14-12-17)24-23(19-7-6-8-20(25)15-19)16(2)21-9-4-5-10-22(21)26-24/h4-15,24-25H,3H2,1-2H3. The van der Waals surface area contributed by atoms with Crippen LogP contribution in [0.3, 0.4) is 0 Å². The van der Waals surface area contributed by atoms with Crippen LogP contribution in [0.1, 0.15) is 42.2 Å². The molecule has 1 atom stereocenters. The van der Waals surface area contributed by atoms with Gasteiger partial charge in [-0.15, -0.1) is 0 Å². The molecule has 1 heterocycles. The summed E-state index contributed by atoms with van der Waals surface area (Å²) in [7, 11) is 0. The molecular formula is C24H22O2. The van der Waals surface area contributed by atoms with Gasteiger partial charge >= 0.3 is 0 Å². The Morgan fingerprint density at radius 1 is 0.923 bits per heavy atom. The Hall–Kier alpha value is -3.00. The number of hydrogen-bond acceptors (Lipinski definition) is 2. The molecule has 0 saturated heterocycles. The molecule has 0 aliphatic carbocycles. The Morgan fingerprint density at radius 3 is 2.42 bits per heavy atom. The highest BCUT2D eigenvalue weighted by atomic mass is 16.5. The minimum absolute atomic E-state index is 0.197. The average molecular weight is 342 g/mol. The normalized spacial score (nSPS) is 16.2. The lowest BCUT2D eigenvalue weighted by Gasteiger charge is -2.31. The summed E-state index contributed by atoms with van der Waals surface area (Å²) in [6.45, 7) is 4.29. The second kappa shape index (κ2) is 6.72. The Bertz CT molecular complexity index is 968. The van der Waals surface area contributed by atoms with Gasteiger partial charge in [-0.05, 0) is 53.8 Å². The molecule has 3 aromatic carbocycles. The number of rotatable bonds is 3. The van der Waals surface area contributed by atoms with Crippen LogP contribution < -0.4 is 4.74 Å². The van der Waals surface area contributed by atoms with Crippen molar-refractivity contribution in [3.8, 4) is 11.5 Å². The molecule has 3 aromatic rings. The van der Waals surface area contributed by atoms with Crippen molar-refractivity contribution in [2.75, 3.05) is 0 Å². The highest BCUT2D eigenvalue weighted by molar-refractivity contribution is 5.95. The van der Waals surface area contributed by atoms with Crippen molar-refractivity contribution < 1.29 is 9.84 Å². The van der Waals surface area contributed by atoms with Crippen LogP contribution >= 0.6 is 0 Å². The number of allylic oxidation sites excluding steroid dienone is 1. The van der Waals surface area contributed by atoms with Gasteiger partial charge in [0.25, 0.3) is 0 Å². The lowest BCUT2D eigenvalue weighted by Crippen LogP contribution is -2.16. The van der Waals surface area contributed by atoms with E-state index < -0.39 is 0 Å². The smallest absolute Gasteiger partial charge is 0.150 e. The lowest BCUT2D eigenvalue weighted by molar-refractivity contribution is 0.260. The van der Waals surface area contributed by atoms with Crippen LogP contribution in [0.2, 0.25) is 0 Å². The Kier molecular flexibility index (Phi) is 4.26. The molecular weight excluding hydrogens is 320 g/mol. The van der Waals surface area contributed by atoms with Crippen LogP contribution in [-0.2, 0) is 6.42 Å². The summed E-state index contributed by atoms with van der Waals surface area (Å²) in [6, 6.07) is 24.2. The molecule has 0 saturated carbocycles. The zero-order valence-electron chi connectivity index (χ0n) is 15.1. The molecule has 0 spiro atoms. The molecule has 26 heavy (non-hydrogen) atoms. The summed E-state index contributed by atoms with van der Waals surface area (Å²) in [6.07, 6.45) is 0.820. The fourth-order valence-corrected chi connectivity index (χ4v) is 3.61. The third-order valence-corrected chi connectivity index (χ3v) is 5.05. The largest absolute Gasteiger partial charge is 0.508 e. The van der Waals surface area contributed by atoms with Crippen molar-refractivity contribution in [2.24, 2.45) is 0 Å². The predicted octanol–water partition coefficient (Wildman–Crippen LogP) is 6.02. The van der Waals surface area contributed by atoms with E-state index in [2.05, 4.69) is 44.2 Å². The molecule has 2 nitrogen and oxygen atoms in total. The second-order valence-electron chi connectivity index (χ2n) is 6.68. The number of ether oxygens (including phenoxy) is 1. The average Bonchev–Trinajstić information content (AvgIpc) is 2.68. The SMILES string of the molecule is CCc1ccc(C2Oc3ccccc3C(C)=C2c2cccc(O)c2)cc1. The van der Waals surface area contributed by atoms with Gasteiger partial charge in [-0.1, -0.05) is 61.5 Å². The Labute approximate surface area is 154 Å². The third-order valence-electron chi connectivity index (χ3n) is 5.05. The quantitative estimate of drug-likeness (QED) is 0.631. The second-order valence-corrected chi connectivity index (χ2v) is 6.68. The fraction of sp³-hybridized carbons (Fsp3) is 0.167. The summed E-state index contributed by atoms with van der Waals surface area (Å²) in [5.74, 6) is 1.17. The van der Waals surface area contributed by atoms with Crippen LogP contribution in [0.4, 0.5) is 0 Å². The van der Waals surface area contributed by atoms with E-state index in [0.29, 0.717) is 0 Å². The van der Waals surface area contributed by atoms with Crippen LogP contribution in [-0.4, -0.2) is 5.11 Å². The lowest BCUT2D eigenvalue weighted by atomic mass is 9.86. The van der Waals surface area contributed by atoms with Gasteiger partial charge in [0.05, 0.1) is 0 Å². The highest BCUT2D eigenvalue weighted by Gasteiger charge is 2.29. The van der Waals surface area contributed by atoms with Gasteiger partial charge in [0.15, 0.2) is 0 Å². The number of fused-ring (bicyclic) bond motifs is 1. The van der Waals surface area contributed by atoms with Crippen LogP contribution in [0.5, 0.6) is 11.5 Å². The van der Waals surface area contributed by atoms with E-state index in [0.717, 1.165) is 34.4 Å². The van der Waals surface area contributed by atoms with E-state index >= 15 is 0 Å². The summed E-state index contributed by atoms with van der Waals surface area (Å²) < 4.78 is 6.43. The maximum atomic E-state index is 9.99. The van der Waals surface area contributed by atoms with E-state index in [1.807, 2.05) is 36.4 Å². The monoisotopic (exact) mass is 342 g/mol. The maximum absolute atomic E-state index is 9.99. The number of aromatic hydroxyl groups is 1. The first-order valence-electron chi connectivity index (χ1n) is 9.02. The Morgan fingerprint density at radius 2 is 1.69 bits per heavy atom. The number of phenolic OH excluding ortho intramolecular Hbond substituents is 1. The molecule has 0 bridgehead atoms. The molecule has 2 heteroatoms. The molecule has 4 rings (SSSR count). The summed E-state index contributed by atoms with van der Waals surface area (Å²) >= 11 is 0. The first-order valence-corrected chi connectivity index (χ1v) is 9.02. The van der Waals surface area contributed by atoms with Crippen molar-refractivity contribution in [1.29, 1.82) is 0 Å². The fourth-order valence-electron chi connectivity index (χ4n) is 3.61. The van der Waals surface area contributed by atoms with Gasteiger partial charge in [-0.25, -0.2) is 0 Å². The van der Waals surface area contributed by atoms with E-state index in [-0.39, 0.29) is 11.9 Å². The molecule has 1 N–H and O–H groups in total. The summed E-state index contributed by atoms with van der Waals surface area (Å²) in [4.78, 5) is 0. The van der Waals surface area contributed by atoms with Gasteiger partial charge in [-0.3, -0.25) is 0 Å². The number of benzene rings is 3. The molecule has 1 aliphatic rings.